The van der Waals surface area contributed by atoms with E-state index in [1.165, 1.54) is 12.5 Å². The molecule has 92 valence electrons. The molecule has 0 spiro atoms. The van der Waals surface area contributed by atoms with Gasteiger partial charge in [0.25, 0.3) is 0 Å². The molecule has 0 unspecified atom stereocenters. The summed E-state index contributed by atoms with van der Waals surface area (Å²) in [7, 11) is 0. The van der Waals surface area contributed by atoms with Crippen molar-refractivity contribution >= 4 is 17.3 Å². The molecule has 2 atom stereocenters. The molecule has 2 fully saturated rings. The lowest BCUT2D eigenvalue weighted by atomic mass is 9.88. The summed E-state index contributed by atoms with van der Waals surface area (Å²) in [6, 6.07) is 2.14. The van der Waals surface area contributed by atoms with E-state index >= 15 is 0 Å². The van der Waals surface area contributed by atoms with Crippen LogP contribution in [0.5, 0.6) is 0 Å². The van der Waals surface area contributed by atoms with Gasteiger partial charge in [-0.25, -0.2) is 9.37 Å². The fourth-order valence-electron chi connectivity index (χ4n) is 2.66. The van der Waals surface area contributed by atoms with Crippen LogP contribution >= 0.6 is 11.6 Å². The Morgan fingerprint density at radius 1 is 1.41 bits per heavy atom. The summed E-state index contributed by atoms with van der Waals surface area (Å²) in [5.74, 6) is 0.361. The molecule has 0 bridgehead atoms. The lowest BCUT2D eigenvalue weighted by Gasteiger charge is -2.36. The minimum atomic E-state index is -0.436. The fourth-order valence-corrected chi connectivity index (χ4v) is 2.77. The monoisotopic (exact) mass is 255 g/mol. The van der Waals surface area contributed by atoms with E-state index in [0.29, 0.717) is 6.04 Å². The van der Waals surface area contributed by atoms with Crippen molar-refractivity contribution in [1.82, 2.24) is 10.3 Å². The Hall–Kier alpha value is -0.870. The standard InChI is InChI=1S/C12H15ClFN3/c13-12-10(14)5-9(7-16-12)17-3-1-8-6-15-11(8)2-4-17/h5,7-8,11,15H,1-4,6H2/t8-,11-/m1/s1. The summed E-state index contributed by atoms with van der Waals surface area (Å²) in [5, 5.41) is 3.39. The van der Waals surface area contributed by atoms with Crippen LogP contribution in [0.25, 0.3) is 0 Å². The van der Waals surface area contributed by atoms with Crippen LogP contribution in [0.4, 0.5) is 10.1 Å². The van der Waals surface area contributed by atoms with E-state index in [4.69, 9.17) is 11.6 Å². The number of rotatable bonds is 1. The van der Waals surface area contributed by atoms with Crippen molar-refractivity contribution in [1.29, 1.82) is 0 Å². The van der Waals surface area contributed by atoms with Crippen molar-refractivity contribution in [2.24, 2.45) is 5.92 Å². The second-order valence-electron chi connectivity index (χ2n) is 4.81. The van der Waals surface area contributed by atoms with E-state index in [2.05, 4.69) is 15.2 Å². The molecule has 0 aliphatic carbocycles. The van der Waals surface area contributed by atoms with Crippen molar-refractivity contribution < 1.29 is 4.39 Å². The summed E-state index contributed by atoms with van der Waals surface area (Å²) < 4.78 is 13.4. The molecule has 0 radical (unpaired) electrons. The van der Waals surface area contributed by atoms with Gasteiger partial charge in [0.1, 0.15) is 0 Å². The molecular weight excluding hydrogens is 241 g/mol. The second kappa shape index (κ2) is 4.42. The van der Waals surface area contributed by atoms with E-state index in [1.807, 2.05) is 0 Å². The van der Waals surface area contributed by atoms with Gasteiger partial charge in [-0.2, -0.15) is 0 Å². The number of hydrogen-bond acceptors (Lipinski definition) is 3. The molecular formula is C12H15ClFN3. The first kappa shape index (κ1) is 11.2. The van der Waals surface area contributed by atoms with Gasteiger partial charge in [-0.1, -0.05) is 11.6 Å². The van der Waals surface area contributed by atoms with E-state index < -0.39 is 5.82 Å². The minimum Gasteiger partial charge on any atom is -0.370 e. The zero-order valence-corrected chi connectivity index (χ0v) is 10.3. The Kier molecular flexibility index (Phi) is 2.92. The molecule has 17 heavy (non-hydrogen) atoms. The molecule has 2 aliphatic rings. The van der Waals surface area contributed by atoms with Crippen LogP contribution in [0.1, 0.15) is 12.8 Å². The summed E-state index contributed by atoms with van der Waals surface area (Å²) in [5.41, 5.74) is 0.841. The average molecular weight is 256 g/mol. The van der Waals surface area contributed by atoms with Crippen LogP contribution in [0.2, 0.25) is 5.15 Å². The van der Waals surface area contributed by atoms with Gasteiger partial charge >= 0.3 is 0 Å². The molecule has 2 aliphatic heterocycles. The summed E-state index contributed by atoms with van der Waals surface area (Å²) in [6.07, 6.45) is 3.95. The molecule has 5 heteroatoms. The third-order valence-corrected chi connectivity index (χ3v) is 4.12. The van der Waals surface area contributed by atoms with Gasteiger partial charge in [-0.15, -0.1) is 0 Å². The summed E-state index contributed by atoms with van der Waals surface area (Å²) in [6.45, 7) is 3.06. The Bertz CT molecular complexity index is 412. The highest BCUT2D eigenvalue weighted by atomic mass is 35.5. The quantitative estimate of drug-likeness (QED) is 0.779. The van der Waals surface area contributed by atoms with Crippen molar-refractivity contribution in [3.8, 4) is 0 Å². The largest absolute Gasteiger partial charge is 0.370 e. The highest BCUT2D eigenvalue weighted by Gasteiger charge is 2.32. The molecule has 1 N–H and O–H groups in total. The number of hydrogen-bond donors (Lipinski definition) is 1. The van der Waals surface area contributed by atoms with Crippen molar-refractivity contribution in [3.63, 3.8) is 0 Å². The van der Waals surface area contributed by atoms with Gasteiger partial charge in [0.15, 0.2) is 11.0 Å². The zero-order valence-electron chi connectivity index (χ0n) is 9.50. The number of pyridine rings is 1. The van der Waals surface area contributed by atoms with Crippen LogP contribution in [0.15, 0.2) is 12.3 Å². The van der Waals surface area contributed by atoms with Crippen molar-refractivity contribution in [2.45, 2.75) is 18.9 Å². The van der Waals surface area contributed by atoms with Crippen LogP contribution < -0.4 is 10.2 Å². The molecule has 3 heterocycles. The zero-order chi connectivity index (χ0) is 11.8. The van der Waals surface area contributed by atoms with E-state index in [-0.39, 0.29) is 5.15 Å². The predicted octanol–water partition coefficient (Wildman–Crippen LogP) is 2.06. The Labute approximate surface area is 105 Å². The van der Waals surface area contributed by atoms with E-state index in [0.717, 1.165) is 37.7 Å². The van der Waals surface area contributed by atoms with Crippen LogP contribution in [0.3, 0.4) is 0 Å². The number of fused-ring (bicyclic) bond motifs is 1. The van der Waals surface area contributed by atoms with Gasteiger partial charge < -0.3 is 10.2 Å². The van der Waals surface area contributed by atoms with Crippen LogP contribution in [-0.4, -0.2) is 30.7 Å². The molecule has 3 nitrogen and oxygen atoms in total. The van der Waals surface area contributed by atoms with Gasteiger partial charge in [-0.3, -0.25) is 0 Å². The Balaban J connectivity index is 1.76. The molecule has 1 aromatic heterocycles. The van der Waals surface area contributed by atoms with Crippen molar-refractivity contribution in [2.75, 3.05) is 24.5 Å². The maximum absolute atomic E-state index is 13.4. The van der Waals surface area contributed by atoms with Crippen molar-refractivity contribution in [3.05, 3.63) is 23.2 Å². The predicted molar refractivity (Wildman–Crippen MR) is 65.9 cm³/mol. The maximum atomic E-state index is 13.4. The smallest absolute Gasteiger partial charge is 0.164 e. The van der Waals surface area contributed by atoms with Gasteiger partial charge in [0.05, 0.1) is 11.9 Å². The third-order valence-electron chi connectivity index (χ3n) is 3.84. The number of nitrogens with zero attached hydrogens (tertiary/aromatic N) is 2. The lowest BCUT2D eigenvalue weighted by molar-refractivity contribution is 0.226. The fraction of sp³-hybridized carbons (Fsp3) is 0.583. The molecule has 1 aromatic rings. The first-order valence-electron chi connectivity index (χ1n) is 6.03. The molecule has 2 saturated heterocycles. The lowest BCUT2D eigenvalue weighted by Crippen LogP contribution is -2.52. The molecule has 3 rings (SSSR count). The summed E-state index contributed by atoms with van der Waals surface area (Å²) in [4.78, 5) is 6.07. The maximum Gasteiger partial charge on any atom is 0.164 e. The molecule has 0 saturated carbocycles. The third kappa shape index (κ3) is 2.11. The highest BCUT2D eigenvalue weighted by Crippen LogP contribution is 2.27. The molecule has 0 amide bonds. The van der Waals surface area contributed by atoms with Crippen LogP contribution in [-0.2, 0) is 0 Å². The first-order valence-corrected chi connectivity index (χ1v) is 6.41. The summed E-state index contributed by atoms with van der Waals surface area (Å²) >= 11 is 5.59. The average Bonchev–Trinajstić information content (AvgIpc) is 2.42. The SMILES string of the molecule is Fc1cc(N2CC[C@@H]3CN[C@@H]3CC2)cnc1Cl. The number of aromatic nitrogens is 1. The first-order chi connectivity index (χ1) is 8.24. The number of nitrogens with one attached hydrogen (secondary N) is 1. The number of halogens is 2. The Morgan fingerprint density at radius 3 is 2.94 bits per heavy atom. The topological polar surface area (TPSA) is 28.2 Å². The number of anilines is 1. The normalized spacial score (nSPS) is 28.2. The van der Waals surface area contributed by atoms with Gasteiger partial charge in [-0.05, 0) is 25.3 Å². The van der Waals surface area contributed by atoms with Gasteiger partial charge in [0, 0.05) is 25.2 Å². The van der Waals surface area contributed by atoms with Crippen LogP contribution in [0, 0.1) is 11.7 Å². The Morgan fingerprint density at radius 2 is 2.24 bits per heavy atom. The van der Waals surface area contributed by atoms with E-state index in [1.54, 1.807) is 6.20 Å². The molecule has 0 aromatic carbocycles. The minimum absolute atomic E-state index is 0.0506. The van der Waals surface area contributed by atoms with E-state index in [9.17, 15) is 4.39 Å². The highest BCUT2D eigenvalue weighted by molar-refractivity contribution is 6.29. The van der Waals surface area contributed by atoms with Gasteiger partial charge in [0.2, 0.25) is 0 Å². The second-order valence-corrected chi connectivity index (χ2v) is 5.16.